The predicted molar refractivity (Wildman–Crippen MR) is 117 cm³/mol. The van der Waals surface area contributed by atoms with Gasteiger partial charge in [-0.1, -0.05) is 74.9 Å². The van der Waals surface area contributed by atoms with Crippen LogP contribution in [0.5, 0.6) is 0 Å². The molecule has 0 spiro atoms. The fourth-order valence-electron chi connectivity index (χ4n) is 3.71. The standard InChI is InChI=1S/C24H23.2ClH.Zr/c1-24(2,3)16-17-14-19-10-7-13-22(23(19)15-17)21-12-6-9-18-8-4-5-11-20(18)21;;;/h4-15H,16H2,1-3H3;2*1H;/q-1;;;+2/p-2. The van der Waals surface area contributed by atoms with Gasteiger partial charge in [-0.05, 0) is 28.2 Å². The van der Waals surface area contributed by atoms with E-state index in [0.717, 1.165) is 6.42 Å². The maximum absolute atomic E-state index is 4.93. The molecule has 0 nitrogen and oxygen atoms in total. The van der Waals surface area contributed by atoms with E-state index in [1.54, 1.807) is 0 Å². The summed E-state index contributed by atoms with van der Waals surface area (Å²) < 4.78 is 0. The molecule has 0 saturated heterocycles. The maximum atomic E-state index is 4.93. The predicted octanol–water partition coefficient (Wildman–Crippen LogP) is 8.34. The Bertz CT molecular complexity index is 1040. The van der Waals surface area contributed by atoms with Crippen LogP contribution >= 0.6 is 17.0 Å². The molecule has 0 aliphatic carbocycles. The molecule has 0 aliphatic rings. The summed E-state index contributed by atoms with van der Waals surface area (Å²) in [4.78, 5) is 0. The normalized spacial score (nSPS) is 11.3. The van der Waals surface area contributed by atoms with Crippen molar-refractivity contribution in [2.45, 2.75) is 27.2 Å². The molecule has 0 aromatic heterocycles. The van der Waals surface area contributed by atoms with Crippen LogP contribution < -0.4 is 0 Å². The van der Waals surface area contributed by atoms with Gasteiger partial charge >= 0.3 is 37.9 Å². The van der Waals surface area contributed by atoms with E-state index in [9.17, 15) is 0 Å². The Kier molecular flexibility index (Phi) is 6.90. The van der Waals surface area contributed by atoms with Crippen molar-refractivity contribution in [1.29, 1.82) is 0 Å². The molecule has 0 unspecified atom stereocenters. The first-order valence-corrected chi connectivity index (χ1v) is 15.4. The van der Waals surface area contributed by atoms with Crippen LogP contribution in [0, 0.1) is 5.41 Å². The van der Waals surface area contributed by atoms with E-state index in [2.05, 4.69) is 93.6 Å². The number of fused-ring (bicyclic) bond motifs is 2. The number of halogens is 2. The van der Waals surface area contributed by atoms with Gasteiger partial charge in [-0.25, -0.2) is 0 Å². The van der Waals surface area contributed by atoms with Crippen molar-refractivity contribution < 1.29 is 20.8 Å². The molecule has 0 heterocycles. The minimum absolute atomic E-state index is 0.310. The first-order chi connectivity index (χ1) is 12.9. The summed E-state index contributed by atoms with van der Waals surface area (Å²) in [6, 6.07) is 26.7. The second-order valence-electron chi connectivity index (χ2n) is 8.01. The molecule has 0 radical (unpaired) electrons. The van der Waals surface area contributed by atoms with E-state index in [1.165, 1.54) is 38.2 Å². The number of hydrogen-bond acceptors (Lipinski definition) is 0. The van der Waals surface area contributed by atoms with E-state index in [0.29, 0.717) is 5.41 Å². The monoisotopic (exact) mass is 471 g/mol. The zero-order valence-electron chi connectivity index (χ0n) is 15.9. The topological polar surface area (TPSA) is 0 Å². The number of rotatable bonds is 2. The quantitative estimate of drug-likeness (QED) is 0.257. The third-order valence-electron chi connectivity index (χ3n) is 4.62. The summed E-state index contributed by atoms with van der Waals surface area (Å²) in [6.45, 7) is 6.91. The fourth-order valence-corrected chi connectivity index (χ4v) is 3.71. The van der Waals surface area contributed by atoms with Crippen molar-refractivity contribution in [3.8, 4) is 11.1 Å². The summed E-state index contributed by atoms with van der Waals surface area (Å²) in [5.41, 5.74) is 4.41. The van der Waals surface area contributed by atoms with Gasteiger partial charge in [0.05, 0.1) is 0 Å². The Morgan fingerprint density at radius 3 is 2.11 bits per heavy atom. The van der Waals surface area contributed by atoms with Crippen molar-refractivity contribution in [3.05, 3.63) is 78.4 Å². The Balaban J connectivity index is 0.000000659. The molecule has 4 aromatic carbocycles. The van der Waals surface area contributed by atoms with Gasteiger partial charge in [0.1, 0.15) is 0 Å². The average Bonchev–Trinajstić information content (AvgIpc) is 3.02. The molecule has 4 rings (SSSR count). The first kappa shape index (κ1) is 20.7. The summed E-state index contributed by atoms with van der Waals surface area (Å²) in [5, 5.41) is 5.34. The van der Waals surface area contributed by atoms with E-state index in [1.807, 2.05) is 0 Å². The molecule has 0 atom stereocenters. The van der Waals surface area contributed by atoms with Crippen LogP contribution in [0.4, 0.5) is 0 Å². The van der Waals surface area contributed by atoms with Gasteiger partial charge in [-0.15, -0.1) is 34.5 Å². The van der Waals surface area contributed by atoms with Crippen molar-refractivity contribution in [3.63, 3.8) is 0 Å². The van der Waals surface area contributed by atoms with Gasteiger partial charge in [-0.3, -0.25) is 0 Å². The molecule has 138 valence electrons. The first-order valence-electron chi connectivity index (χ1n) is 9.06. The Morgan fingerprint density at radius 2 is 1.41 bits per heavy atom. The van der Waals surface area contributed by atoms with Gasteiger partial charge < -0.3 is 0 Å². The number of benzene rings is 3. The molecule has 0 fully saturated rings. The van der Waals surface area contributed by atoms with Crippen LogP contribution in [0.15, 0.2) is 72.8 Å². The molecule has 4 aromatic rings. The van der Waals surface area contributed by atoms with Crippen molar-refractivity contribution in [2.75, 3.05) is 0 Å². The minimum atomic E-state index is -0.826. The Labute approximate surface area is 180 Å². The molecule has 0 amide bonds. The SMILES string of the molecule is CC(C)(C)Cc1cc2c(-c3cccc4ccccc34)cccc2[cH-]1.[Cl][Zr][Cl]. The zero-order valence-corrected chi connectivity index (χ0v) is 19.9. The Morgan fingerprint density at radius 1 is 0.815 bits per heavy atom. The molecule has 0 saturated carbocycles. The van der Waals surface area contributed by atoms with E-state index in [-0.39, 0.29) is 0 Å². The Hall–Kier alpha value is -1.01. The molecular weight excluding hydrogens is 450 g/mol. The molecule has 0 aliphatic heterocycles. The van der Waals surface area contributed by atoms with Crippen molar-refractivity contribution >= 4 is 38.6 Å². The zero-order chi connectivity index (χ0) is 19.4. The van der Waals surface area contributed by atoms with Gasteiger partial charge in [0, 0.05) is 0 Å². The number of hydrogen-bond donors (Lipinski definition) is 0. The molecule has 0 N–H and O–H groups in total. The molecule has 27 heavy (non-hydrogen) atoms. The second-order valence-corrected chi connectivity index (χ2v) is 11.7. The summed E-state index contributed by atoms with van der Waals surface area (Å²) in [6.07, 6.45) is 1.11. The van der Waals surface area contributed by atoms with Gasteiger partial charge in [0.2, 0.25) is 0 Å². The third-order valence-corrected chi connectivity index (χ3v) is 4.62. The van der Waals surface area contributed by atoms with Crippen molar-refractivity contribution in [1.82, 2.24) is 0 Å². The van der Waals surface area contributed by atoms with Crippen molar-refractivity contribution in [2.24, 2.45) is 5.41 Å². The van der Waals surface area contributed by atoms with Gasteiger partial charge in [-0.2, -0.15) is 6.07 Å². The third kappa shape index (κ3) is 5.08. The van der Waals surface area contributed by atoms with Gasteiger partial charge in [0.25, 0.3) is 0 Å². The van der Waals surface area contributed by atoms with E-state index < -0.39 is 20.8 Å². The summed E-state index contributed by atoms with van der Waals surface area (Å²) in [7, 11) is 9.87. The van der Waals surface area contributed by atoms with Crippen LogP contribution in [-0.4, -0.2) is 0 Å². The van der Waals surface area contributed by atoms with Crippen LogP contribution in [-0.2, 0) is 27.3 Å². The summed E-state index contributed by atoms with van der Waals surface area (Å²) in [5.74, 6) is 0. The van der Waals surface area contributed by atoms with E-state index in [4.69, 9.17) is 17.0 Å². The molecule has 0 bridgehead atoms. The second kappa shape index (κ2) is 9.00. The van der Waals surface area contributed by atoms with Gasteiger partial charge in [0.15, 0.2) is 0 Å². The fraction of sp³-hybridized carbons (Fsp3) is 0.208. The summed E-state index contributed by atoms with van der Waals surface area (Å²) >= 11 is -0.826. The molecule has 3 heteroatoms. The van der Waals surface area contributed by atoms with Crippen LogP contribution in [0.3, 0.4) is 0 Å². The van der Waals surface area contributed by atoms with Crippen LogP contribution in [0.25, 0.3) is 32.7 Å². The van der Waals surface area contributed by atoms with E-state index >= 15 is 0 Å². The van der Waals surface area contributed by atoms with Crippen LogP contribution in [0.1, 0.15) is 26.3 Å². The average molecular weight is 474 g/mol. The van der Waals surface area contributed by atoms with Crippen LogP contribution in [0.2, 0.25) is 0 Å². The molecular formula is C24H23Cl2Zr-.